The Kier molecular flexibility index (Phi) is 6.28. The first-order valence-corrected chi connectivity index (χ1v) is 8.66. The van der Waals surface area contributed by atoms with Crippen molar-refractivity contribution in [3.63, 3.8) is 0 Å². The first-order valence-electron chi connectivity index (χ1n) is 8.66. The highest BCUT2D eigenvalue weighted by Crippen LogP contribution is 2.18. The fourth-order valence-electron chi connectivity index (χ4n) is 2.72. The van der Waals surface area contributed by atoms with E-state index in [4.69, 9.17) is 0 Å². The van der Waals surface area contributed by atoms with Gasteiger partial charge in [0.25, 0.3) is 11.8 Å². The molecule has 0 saturated carbocycles. The highest BCUT2D eigenvalue weighted by Gasteiger charge is 2.20. The Hall–Kier alpha value is -2.69. The molecule has 0 aliphatic heterocycles. The van der Waals surface area contributed by atoms with Gasteiger partial charge in [0.05, 0.1) is 0 Å². The minimum absolute atomic E-state index is 0.154. The van der Waals surface area contributed by atoms with Crippen LogP contribution in [0.5, 0.6) is 0 Å². The first kappa shape index (κ1) is 18.6. The highest BCUT2D eigenvalue weighted by atomic mass is 16.2. The molecule has 0 spiro atoms. The molecule has 1 aromatic heterocycles. The Balaban J connectivity index is 2.32. The Morgan fingerprint density at radius 1 is 0.880 bits per heavy atom. The van der Waals surface area contributed by atoms with E-state index in [-0.39, 0.29) is 17.5 Å². The van der Waals surface area contributed by atoms with Gasteiger partial charge in [-0.1, -0.05) is 18.2 Å². The Bertz CT molecular complexity index is 754. The maximum Gasteiger partial charge on any atom is 0.276 e. The van der Waals surface area contributed by atoms with Crippen molar-refractivity contribution in [2.45, 2.75) is 27.7 Å². The smallest absolute Gasteiger partial charge is 0.276 e. The summed E-state index contributed by atoms with van der Waals surface area (Å²) >= 11 is 0. The minimum Gasteiger partial charge on any atom is -0.338 e. The number of benzene rings is 1. The predicted molar refractivity (Wildman–Crippen MR) is 100 cm³/mol. The topological polar surface area (TPSA) is 53.5 Å². The van der Waals surface area contributed by atoms with Crippen molar-refractivity contribution < 1.29 is 9.59 Å². The van der Waals surface area contributed by atoms with E-state index in [1.165, 1.54) is 0 Å². The SMILES string of the molecule is CCN(CC)C(=O)c1cccc(C(=O)N(CC)c2cccc(C)c2)n1. The minimum atomic E-state index is -0.206. The molecule has 0 N–H and O–H groups in total. The van der Waals surface area contributed by atoms with Gasteiger partial charge < -0.3 is 9.80 Å². The summed E-state index contributed by atoms with van der Waals surface area (Å²) in [6, 6.07) is 12.8. The molecule has 0 saturated heterocycles. The normalized spacial score (nSPS) is 10.4. The third kappa shape index (κ3) is 4.24. The molecule has 0 unspecified atom stereocenters. The van der Waals surface area contributed by atoms with Gasteiger partial charge in [-0.15, -0.1) is 0 Å². The molecule has 2 amide bonds. The van der Waals surface area contributed by atoms with E-state index in [1.54, 1.807) is 28.0 Å². The lowest BCUT2D eigenvalue weighted by atomic mass is 10.2. The second-order valence-corrected chi connectivity index (χ2v) is 5.77. The number of aromatic nitrogens is 1. The van der Waals surface area contributed by atoms with E-state index in [1.807, 2.05) is 52.0 Å². The number of hydrogen-bond donors (Lipinski definition) is 0. The van der Waals surface area contributed by atoms with Crippen LogP contribution in [0.3, 0.4) is 0 Å². The molecule has 0 aliphatic carbocycles. The fourth-order valence-corrected chi connectivity index (χ4v) is 2.72. The molecule has 0 radical (unpaired) electrons. The van der Waals surface area contributed by atoms with Crippen LogP contribution in [0.15, 0.2) is 42.5 Å². The average Bonchev–Trinajstić information content (AvgIpc) is 2.63. The van der Waals surface area contributed by atoms with Gasteiger partial charge in [-0.25, -0.2) is 4.98 Å². The first-order chi connectivity index (χ1) is 12.0. The molecule has 5 heteroatoms. The predicted octanol–water partition coefficient (Wildman–Crippen LogP) is 3.54. The van der Waals surface area contributed by atoms with Crippen molar-refractivity contribution in [1.82, 2.24) is 9.88 Å². The Morgan fingerprint density at radius 3 is 2.04 bits per heavy atom. The van der Waals surface area contributed by atoms with Crippen molar-refractivity contribution >= 4 is 17.5 Å². The molecule has 1 aromatic carbocycles. The summed E-state index contributed by atoms with van der Waals surface area (Å²) in [5, 5.41) is 0. The quantitative estimate of drug-likeness (QED) is 0.809. The van der Waals surface area contributed by atoms with E-state index in [0.29, 0.717) is 25.3 Å². The van der Waals surface area contributed by atoms with E-state index in [9.17, 15) is 9.59 Å². The summed E-state index contributed by atoms with van der Waals surface area (Å²) in [6.07, 6.45) is 0. The van der Waals surface area contributed by atoms with Crippen LogP contribution < -0.4 is 4.90 Å². The number of hydrogen-bond acceptors (Lipinski definition) is 3. The van der Waals surface area contributed by atoms with Crippen molar-refractivity contribution in [2.24, 2.45) is 0 Å². The van der Waals surface area contributed by atoms with Gasteiger partial charge in [-0.2, -0.15) is 0 Å². The van der Waals surface area contributed by atoms with Crippen LogP contribution in [0.2, 0.25) is 0 Å². The molecule has 0 aliphatic rings. The lowest BCUT2D eigenvalue weighted by Gasteiger charge is -2.22. The molecular weight excluding hydrogens is 314 g/mol. The number of anilines is 1. The molecule has 0 fully saturated rings. The van der Waals surface area contributed by atoms with Gasteiger partial charge in [0.15, 0.2) is 0 Å². The molecule has 2 rings (SSSR count). The zero-order chi connectivity index (χ0) is 18.4. The van der Waals surface area contributed by atoms with Crippen molar-refractivity contribution in [3.8, 4) is 0 Å². The third-order valence-corrected chi connectivity index (χ3v) is 4.11. The van der Waals surface area contributed by atoms with Crippen LogP contribution in [0.4, 0.5) is 5.69 Å². The van der Waals surface area contributed by atoms with E-state index in [2.05, 4.69) is 4.98 Å². The van der Waals surface area contributed by atoms with Crippen molar-refractivity contribution in [1.29, 1.82) is 0 Å². The summed E-state index contributed by atoms with van der Waals surface area (Å²) in [6.45, 7) is 9.51. The number of rotatable bonds is 6. The number of aryl methyl sites for hydroxylation is 1. The molecule has 5 nitrogen and oxygen atoms in total. The van der Waals surface area contributed by atoms with Crippen LogP contribution >= 0.6 is 0 Å². The summed E-state index contributed by atoms with van der Waals surface area (Å²) in [5.41, 5.74) is 2.49. The summed E-state index contributed by atoms with van der Waals surface area (Å²) < 4.78 is 0. The van der Waals surface area contributed by atoms with Gasteiger partial charge >= 0.3 is 0 Å². The molecular formula is C20H25N3O2. The highest BCUT2D eigenvalue weighted by molar-refractivity contribution is 6.05. The zero-order valence-corrected chi connectivity index (χ0v) is 15.3. The van der Waals surface area contributed by atoms with Crippen molar-refractivity contribution in [2.75, 3.05) is 24.5 Å². The average molecular weight is 339 g/mol. The number of pyridine rings is 1. The van der Waals surface area contributed by atoms with Crippen LogP contribution in [0.25, 0.3) is 0 Å². The number of carbonyl (C=O) groups excluding carboxylic acids is 2. The van der Waals surface area contributed by atoms with Crippen LogP contribution in [0.1, 0.15) is 47.3 Å². The number of nitrogens with zero attached hydrogens (tertiary/aromatic N) is 3. The number of amides is 2. The van der Waals surface area contributed by atoms with Gasteiger partial charge in [0, 0.05) is 25.3 Å². The van der Waals surface area contributed by atoms with E-state index >= 15 is 0 Å². The maximum absolute atomic E-state index is 12.9. The number of carbonyl (C=O) groups is 2. The lowest BCUT2D eigenvalue weighted by Crippen LogP contribution is -2.33. The Morgan fingerprint density at radius 2 is 1.48 bits per heavy atom. The van der Waals surface area contributed by atoms with Crippen LogP contribution in [-0.4, -0.2) is 41.3 Å². The van der Waals surface area contributed by atoms with Gasteiger partial charge in [-0.3, -0.25) is 9.59 Å². The maximum atomic E-state index is 12.9. The molecule has 1 heterocycles. The molecule has 25 heavy (non-hydrogen) atoms. The summed E-state index contributed by atoms with van der Waals surface area (Å²) in [5.74, 6) is -0.361. The van der Waals surface area contributed by atoms with E-state index < -0.39 is 0 Å². The molecule has 0 atom stereocenters. The van der Waals surface area contributed by atoms with Gasteiger partial charge in [-0.05, 0) is 57.5 Å². The lowest BCUT2D eigenvalue weighted by molar-refractivity contribution is 0.0767. The largest absolute Gasteiger partial charge is 0.338 e. The standard InChI is InChI=1S/C20H25N3O2/c1-5-22(6-2)19(24)17-12-9-13-18(21-17)20(25)23(7-3)16-11-8-10-15(4)14-16/h8-14H,5-7H2,1-4H3. The van der Waals surface area contributed by atoms with E-state index in [0.717, 1.165) is 11.3 Å². The second-order valence-electron chi connectivity index (χ2n) is 5.77. The van der Waals surface area contributed by atoms with Crippen molar-refractivity contribution in [3.05, 3.63) is 59.4 Å². The molecule has 132 valence electrons. The van der Waals surface area contributed by atoms with Crippen LogP contribution in [-0.2, 0) is 0 Å². The van der Waals surface area contributed by atoms with Gasteiger partial charge in [0.2, 0.25) is 0 Å². The second kappa shape index (κ2) is 8.42. The Labute approximate surface area is 149 Å². The third-order valence-electron chi connectivity index (χ3n) is 4.11. The zero-order valence-electron chi connectivity index (χ0n) is 15.3. The summed E-state index contributed by atoms with van der Waals surface area (Å²) in [7, 11) is 0. The van der Waals surface area contributed by atoms with Gasteiger partial charge in [0.1, 0.15) is 11.4 Å². The monoisotopic (exact) mass is 339 g/mol. The fraction of sp³-hybridized carbons (Fsp3) is 0.350. The molecule has 0 bridgehead atoms. The molecule has 2 aromatic rings. The summed E-state index contributed by atoms with van der Waals surface area (Å²) in [4.78, 5) is 33.1. The van der Waals surface area contributed by atoms with Crippen LogP contribution in [0, 0.1) is 6.92 Å².